The molecule has 1 atom stereocenters. The van der Waals surface area contributed by atoms with E-state index < -0.39 is 6.04 Å². The van der Waals surface area contributed by atoms with Gasteiger partial charge in [0.25, 0.3) is 11.8 Å². The average Bonchev–Trinajstić information content (AvgIpc) is 3.48. The number of hydrogen-bond donors (Lipinski definition) is 0. The number of methoxy groups -OCH3 is 1. The number of anilines is 1. The lowest BCUT2D eigenvalue weighted by atomic mass is 10.2. The zero-order chi connectivity index (χ0) is 20.4. The summed E-state index contributed by atoms with van der Waals surface area (Å²) in [4.78, 5) is 43.2. The number of hydrogen-bond acceptors (Lipinski definition) is 6. The third kappa shape index (κ3) is 3.81. The van der Waals surface area contributed by atoms with Gasteiger partial charge in [0.05, 0.1) is 30.6 Å². The molecule has 1 saturated heterocycles. The normalized spacial score (nSPS) is 16.3. The third-order valence-corrected chi connectivity index (χ3v) is 6.45. The molecule has 0 saturated carbocycles. The maximum Gasteiger partial charge on any atom is 0.264 e. The van der Waals surface area contributed by atoms with Crippen LogP contribution < -0.4 is 9.64 Å². The quantitative estimate of drug-likeness (QED) is 0.563. The molecule has 4 rings (SSSR count). The number of nitrogens with zero attached hydrogens (tertiary/aromatic N) is 2. The SMILES string of the molecule is COc1ccc(N2C(=O)CC(N(Cc3cccs3)C(=O)c3cccs3)C2=O)cc1. The van der Waals surface area contributed by atoms with Gasteiger partial charge < -0.3 is 9.64 Å². The van der Waals surface area contributed by atoms with Crippen LogP contribution in [-0.2, 0) is 16.1 Å². The van der Waals surface area contributed by atoms with E-state index in [1.54, 1.807) is 43.5 Å². The van der Waals surface area contributed by atoms with Gasteiger partial charge in [0.15, 0.2) is 0 Å². The first-order chi connectivity index (χ1) is 14.1. The van der Waals surface area contributed by atoms with E-state index in [0.717, 1.165) is 9.78 Å². The van der Waals surface area contributed by atoms with E-state index in [0.29, 0.717) is 16.3 Å². The molecule has 2 aromatic heterocycles. The molecule has 6 nitrogen and oxygen atoms in total. The Hall–Kier alpha value is -2.97. The largest absolute Gasteiger partial charge is 0.497 e. The average molecular weight is 427 g/mol. The number of benzene rings is 1. The van der Waals surface area contributed by atoms with Crippen LogP contribution in [0, 0.1) is 0 Å². The van der Waals surface area contributed by atoms with Crippen LogP contribution in [0.5, 0.6) is 5.75 Å². The standard InChI is InChI=1S/C21H18N2O4S2/c1-27-15-8-6-14(7-9-15)23-19(24)12-17(20(23)25)22(13-16-4-2-10-28-16)21(26)18-5-3-11-29-18/h2-11,17H,12-13H2,1H3. The molecule has 29 heavy (non-hydrogen) atoms. The first-order valence-corrected chi connectivity index (χ1v) is 10.7. The van der Waals surface area contributed by atoms with Crippen molar-refractivity contribution in [2.45, 2.75) is 19.0 Å². The highest BCUT2D eigenvalue weighted by Gasteiger charge is 2.44. The Morgan fingerprint density at radius 2 is 1.83 bits per heavy atom. The Labute approximate surface area is 175 Å². The minimum Gasteiger partial charge on any atom is -0.497 e. The highest BCUT2D eigenvalue weighted by molar-refractivity contribution is 7.12. The van der Waals surface area contributed by atoms with Gasteiger partial charge in [0, 0.05) is 4.88 Å². The molecule has 3 aromatic rings. The van der Waals surface area contributed by atoms with Crippen molar-refractivity contribution in [3.63, 3.8) is 0 Å². The summed E-state index contributed by atoms with van der Waals surface area (Å²) in [6.07, 6.45) is -0.0344. The number of rotatable bonds is 6. The number of thiophene rings is 2. The van der Waals surface area contributed by atoms with Crippen molar-refractivity contribution in [1.29, 1.82) is 0 Å². The van der Waals surface area contributed by atoms with Crippen LogP contribution >= 0.6 is 22.7 Å². The Bertz CT molecular complexity index is 1010. The van der Waals surface area contributed by atoms with Crippen LogP contribution in [0.15, 0.2) is 59.3 Å². The minimum absolute atomic E-state index is 0.0344. The highest BCUT2D eigenvalue weighted by atomic mass is 32.1. The van der Waals surface area contributed by atoms with E-state index in [-0.39, 0.29) is 30.7 Å². The number of ether oxygens (including phenoxy) is 1. The van der Waals surface area contributed by atoms with Crippen LogP contribution in [0.3, 0.4) is 0 Å². The predicted octanol–water partition coefficient (Wildman–Crippen LogP) is 3.79. The number of carbonyl (C=O) groups is 3. The molecule has 0 bridgehead atoms. The second-order valence-electron chi connectivity index (χ2n) is 6.48. The van der Waals surface area contributed by atoms with Crippen LogP contribution in [-0.4, -0.2) is 35.8 Å². The van der Waals surface area contributed by atoms with Crippen molar-refractivity contribution < 1.29 is 19.1 Å². The first kappa shape index (κ1) is 19.4. The molecular weight excluding hydrogens is 408 g/mol. The highest BCUT2D eigenvalue weighted by Crippen LogP contribution is 2.30. The molecular formula is C21H18N2O4S2. The third-order valence-electron chi connectivity index (χ3n) is 4.73. The van der Waals surface area contributed by atoms with Crippen molar-refractivity contribution in [3.8, 4) is 5.75 Å². The summed E-state index contributed by atoms with van der Waals surface area (Å²) in [6.45, 7) is 0.286. The lowest BCUT2D eigenvalue weighted by Gasteiger charge is -2.27. The van der Waals surface area contributed by atoms with Gasteiger partial charge in [-0.05, 0) is 47.2 Å². The van der Waals surface area contributed by atoms with Gasteiger partial charge in [-0.1, -0.05) is 12.1 Å². The van der Waals surface area contributed by atoms with Gasteiger partial charge in [-0.25, -0.2) is 4.90 Å². The lowest BCUT2D eigenvalue weighted by molar-refractivity contribution is -0.122. The predicted molar refractivity (Wildman–Crippen MR) is 112 cm³/mol. The molecule has 8 heteroatoms. The monoisotopic (exact) mass is 426 g/mol. The van der Waals surface area contributed by atoms with E-state index in [9.17, 15) is 14.4 Å². The fraction of sp³-hybridized carbons (Fsp3) is 0.190. The van der Waals surface area contributed by atoms with Gasteiger partial charge >= 0.3 is 0 Å². The first-order valence-electron chi connectivity index (χ1n) is 8.96. The molecule has 3 heterocycles. The molecule has 1 aromatic carbocycles. The summed E-state index contributed by atoms with van der Waals surface area (Å²) in [6, 6.07) is 13.3. The fourth-order valence-corrected chi connectivity index (χ4v) is 4.68. The van der Waals surface area contributed by atoms with Crippen molar-refractivity contribution in [1.82, 2.24) is 4.90 Å². The summed E-state index contributed by atoms with van der Waals surface area (Å²) in [5.74, 6) is -0.310. The van der Waals surface area contributed by atoms with Gasteiger partial charge in [0.2, 0.25) is 5.91 Å². The molecule has 3 amide bonds. The molecule has 148 valence electrons. The van der Waals surface area contributed by atoms with E-state index >= 15 is 0 Å². The summed E-state index contributed by atoms with van der Waals surface area (Å²) >= 11 is 2.84. The smallest absolute Gasteiger partial charge is 0.264 e. The molecule has 1 aliphatic rings. The summed E-state index contributed by atoms with van der Waals surface area (Å²) in [5, 5.41) is 3.75. The molecule has 1 aliphatic heterocycles. The summed E-state index contributed by atoms with van der Waals surface area (Å²) in [5.41, 5.74) is 0.475. The van der Waals surface area contributed by atoms with Gasteiger partial charge in [0.1, 0.15) is 11.8 Å². The van der Waals surface area contributed by atoms with Crippen molar-refractivity contribution in [3.05, 3.63) is 69.0 Å². The Kier molecular flexibility index (Phi) is 5.46. The Balaban J connectivity index is 1.64. The fourth-order valence-electron chi connectivity index (χ4n) is 3.30. The number of imide groups is 1. The van der Waals surface area contributed by atoms with Gasteiger partial charge in [-0.2, -0.15) is 0 Å². The van der Waals surface area contributed by atoms with Gasteiger partial charge in [-0.15, -0.1) is 22.7 Å². The zero-order valence-corrected chi connectivity index (χ0v) is 17.2. The van der Waals surface area contributed by atoms with Crippen molar-refractivity contribution in [2.75, 3.05) is 12.0 Å². The topological polar surface area (TPSA) is 66.9 Å². The van der Waals surface area contributed by atoms with Crippen LogP contribution in [0.2, 0.25) is 0 Å². The van der Waals surface area contributed by atoms with Gasteiger partial charge in [-0.3, -0.25) is 14.4 Å². The van der Waals surface area contributed by atoms with E-state index in [1.807, 2.05) is 22.9 Å². The van der Waals surface area contributed by atoms with Crippen LogP contribution in [0.1, 0.15) is 21.0 Å². The second-order valence-corrected chi connectivity index (χ2v) is 8.45. The Morgan fingerprint density at radius 1 is 1.10 bits per heavy atom. The molecule has 0 spiro atoms. The molecule has 0 radical (unpaired) electrons. The number of carbonyl (C=O) groups excluding carboxylic acids is 3. The molecule has 0 aliphatic carbocycles. The van der Waals surface area contributed by atoms with Crippen molar-refractivity contribution >= 4 is 46.1 Å². The van der Waals surface area contributed by atoms with Crippen LogP contribution in [0.25, 0.3) is 0 Å². The summed E-state index contributed by atoms with van der Waals surface area (Å²) < 4.78 is 5.14. The maximum atomic E-state index is 13.2. The lowest BCUT2D eigenvalue weighted by Crippen LogP contribution is -2.44. The molecule has 1 unspecified atom stereocenters. The summed E-state index contributed by atoms with van der Waals surface area (Å²) in [7, 11) is 1.55. The number of amides is 3. The second kappa shape index (κ2) is 8.18. The maximum absolute atomic E-state index is 13.2. The van der Waals surface area contributed by atoms with E-state index in [4.69, 9.17) is 4.74 Å². The van der Waals surface area contributed by atoms with Crippen LogP contribution in [0.4, 0.5) is 5.69 Å². The molecule has 0 N–H and O–H groups in total. The zero-order valence-electron chi connectivity index (χ0n) is 15.6. The van der Waals surface area contributed by atoms with Crippen molar-refractivity contribution in [2.24, 2.45) is 0 Å². The van der Waals surface area contributed by atoms with E-state index in [2.05, 4.69) is 0 Å². The Morgan fingerprint density at radius 3 is 2.45 bits per heavy atom. The molecule has 1 fully saturated rings. The van der Waals surface area contributed by atoms with E-state index in [1.165, 1.54) is 27.6 Å². The minimum atomic E-state index is -0.832.